The highest BCUT2D eigenvalue weighted by molar-refractivity contribution is 6.31. The molecule has 3 aromatic rings. The van der Waals surface area contributed by atoms with E-state index in [1.807, 2.05) is 0 Å². The van der Waals surface area contributed by atoms with Gasteiger partial charge in [-0.3, -0.25) is 19.4 Å². The summed E-state index contributed by atoms with van der Waals surface area (Å²) in [5, 5.41) is 11.3. The van der Waals surface area contributed by atoms with Crippen molar-refractivity contribution in [3.63, 3.8) is 0 Å². The van der Waals surface area contributed by atoms with Gasteiger partial charge in [0.2, 0.25) is 5.91 Å². The van der Waals surface area contributed by atoms with E-state index in [9.17, 15) is 27.6 Å². The highest BCUT2D eigenvalue weighted by Gasteiger charge is 2.44. The fourth-order valence-corrected chi connectivity index (χ4v) is 4.34. The highest BCUT2D eigenvalue weighted by Crippen LogP contribution is 2.39. The van der Waals surface area contributed by atoms with Crippen molar-refractivity contribution in [2.24, 2.45) is 5.41 Å². The number of anilines is 2. The molecule has 0 spiro atoms. The Hall–Kier alpha value is -3.97. The molecule has 3 N–H and O–H groups in total. The number of carbonyl (C=O) groups excluding carboxylic acids is 2. The smallest absolute Gasteiger partial charge is 0.418 e. The number of halogens is 4. The summed E-state index contributed by atoms with van der Waals surface area (Å²) in [6, 6.07) is 5.99. The lowest BCUT2D eigenvalue weighted by molar-refractivity contribution is -0.137. The number of Topliss-reactive ketones (excluding diaryl/α,β-unsaturated/α-hetero) is 1. The van der Waals surface area contributed by atoms with Crippen molar-refractivity contribution in [2.75, 3.05) is 25.6 Å². The molecule has 14 heteroatoms. The van der Waals surface area contributed by atoms with Crippen molar-refractivity contribution < 1.29 is 32.2 Å². The topological polar surface area (TPSA) is 135 Å². The predicted molar refractivity (Wildman–Crippen MR) is 134 cm³/mol. The Balaban J connectivity index is 1.45. The van der Waals surface area contributed by atoms with E-state index in [1.54, 1.807) is 0 Å². The number of nitrogens with zero attached hydrogens (tertiary/aromatic N) is 2. The van der Waals surface area contributed by atoms with Crippen LogP contribution in [0.2, 0.25) is 5.02 Å². The van der Waals surface area contributed by atoms with Crippen molar-refractivity contribution in [3.8, 4) is 5.75 Å². The van der Waals surface area contributed by atoms with E-state index in [0.29, 0.717) is 0 Å². The van der Waals surface area contributed by atoms with E-state index in [2.05, 4.69) is 25.8 Å². The Morgan fingerprint density at radius 3 is 2.67 bits per heavy atom. The number of methoxy groups -OCH3 is 1. The van der Waals surface area contributed by atoms with E-state index in [4.69, 9.17) is 21.1 Å². The SMILES string of the molecule is COc1ccc(Nc2cnc(CNC(=O)[C@]3(CC(=O)c4cn[nH]c(=O)c4)CCOC3)c(Cl)c2)c(C(F)(F)F)c1. The first kappa shape index (κ1) is 28.0. The van der Waals surface area contributed by atoms with Crippen LogP contribution >= 0.6 is 11.6 Å². The summed E-state index contributed by atoms with van der Waals surface area (Å²) in [4.78, 5) is 41.6. The number of nitrogens with one attached hydrogen (secondary N) is 3. The first-order valence-corrected chi connectivity index (χ1v) is 12.0. The molecule has 1 aromatic carbocycles. The van der Waals surface area contributed by atoms with Crippen molar-refractivity contribution in [1.82, 2.24) is 20.5 Å². The number of benzene rings is 1. The van der Waals surface area contributed by atoms with Crippen molar-refractivity contribution in [2.45, 2.75) is 25.6 Å². The lowest BCUT2D eigenvalue weighted by Gasteiger charge is -2.25. The highest BCUT2D eigenvalue weighted by atomic mass is 35.5. The lowest BCUT2D eigenvalue weighted by atomic mass is 9.80. The number of pyridine rings is 1. The number of hydrogen-bond acceptors (Lipinski definition) is 8. The molecule has 3 heterocycles. The van der Waals surface area contributed by atoms with Crippen LogP contribution in [0.5, 0.6) is 5.75 Å². The second kappa shape index (κ2) is 11.4. The molecule has 1 fully saturated rings. The Labute approximate surface area is 224 Å². The van der Waals surface area contributed by atoms with Gasteiger partial charge >= 0.3 is 6.18 Å². The first-order chi connectivity index (χ1) is 18.5. The number of aromatic nitrogens is 3. The van der Waals surface area contributed by atoms with Crippen LogP contribution < -0.4 is 20.9 Å². The van der Waals surface area contributed by atoms with Gasteiger partial charge in [-0.15, -0.1) is 0 Å². The Kier molecular flexibility index (Phi) is 8.21. The van der Waals surface area contributed by atoms with Gasteiger partial charge in [-0.05, 0) is 30.7 Å². The molecule has 1 atom stereocenters. The molecule has 4 rings (SSSR count). The molecule has 1 aliphatic heterocycles. The maximum absolute atomic E-state index is 13.5. The minimum absolute atomic E-state index is 0.00854. The van der Waals surface area contributed by atoms with Crippen LogP contribution in [0.15, 0.2) is 47.5 Å². The van der Waals surface area contributed by atoms with Gasteiger partial charge in [0.05, 0.1) is 65.7 Å². The van der Waals surface area contributed by atoms with E-state index < -0.39 is 34.4 Å². The maximum atomic E-state index is 13.5. The van der Waals surface area contributed by atoms with E-state index in [1.165, 1.54) is 37.7 Å². The van der Waals surface area contributed by atoms with Gasteiger partial charge in [0.1, 0.15) is 5.75 Å². The van der Waals surface area contributed by atoms with E-state index in [0.717, 1.165) is 12.1 Å². The van der Waals surface area contributed by atoms with Crippen molar-refractivity contribution >= 4 is 34.7 Å². The standard InChI is InChI=1S/C25H23ClF3N5O5/c1-38-16-2-3-19(17(8-16)25(27,28)29)33-15-7-18(26)20(30-11-15)12-31-23(37)24(4-5-39-13-24)9-21(35)14-6-22(36)34-32-10-14/h2-3,6-8,10-11,33H,4-5,9,12-13H2,1H3,(H,31,37)(H,34,36)/t24-/m0/s1. The van der Waals surface area contributed by atoms with Gasteiger partial charge in [-0.1, -0.05) is 11.6 Å². The van der Waals surface area contributed by atoms with Crippen LogP contribution in [0.1, 0.15) is 34.5 Å². The third-order valence-corrected chi connectivity index (χ3v) is 6.54. The monoisotopic (exact) mass is 565 g/mol. The minimum Gasteiger partial charge on any atom is -0.497 e. The molecule has 0 unspecified atom stereocenters. The third kappa shape index (κ3) is 6.55. The molecule has 0 aliphatic carbocycles. The fraction of sp³-hybridized carbons (Fsp3) is 0.320. The average molecular weight is 566 g/mol. The van der Waals surface area contributed by atoms with Gasteiger partial charge in [-0.25, -0.2) is 5.10 Å². The first-order valence-electron chi connectivity index (χ1n) is 11.6. The summed E-state index contributed by atoms with van der Waals surface area (Å²) in [5.41, 5.74) is -2.30. The zero-order valence-corrected chi connectivity index (χ0v) is 21.3. The van der Waals surface area contributed by atoms with Crippen LogP contribution in [0, 0.1) is 5.41 Å². The molecule has 0 saturated carbocycles. The number of aromatic amines is 1. The normalized spacial score (nSPS) is 17.1. The number of alkyl halides is 3. The Morgan fingerprint density at radius 2 is 2.03 bits per heavy atom. The summed E-state index contributed by atoms with van der Waals surface area (Å²) >= 11 is 6.32. The van der Waals surface area contributed by atoms with Crippen LogP contribution in [0.3, 0.4) is 0 Å². The quantitative estimate of drug-likeness (QED) is 0.333. The number of hydrogen-bond donors (Lipinski definition) is 3. The zero-order chi connectivity index (χ0) is 28.2. The minimum atomic E-state index is -4.63. The average Bonchev–Trinajstić information content (AvgIpc) is 3.37. The number of ketones is 1. The molecule has 1 saturated heterocycles. The number of H-pyrrole nitrogens is 1. The molecule has 1 aliphatic rings. The molecule has 1 amide bonds. The second-order valence-electron chi connectivity index (χ2n) is 8.89. The van der Waals surface area contributed by atoms with Gasteiger partial charge in [0.15, 0.2) is 5.78 Å². The predicted octanol–water partition coefficient (Wildman–Crippen LogP) is 3.89. The summed E-state index contributed by atoms with van der Waals surface area (Å²) in [7, 11) is 1.27. The molecule has 0 radical (unpaired) electrons. The van der Waals surface area contributed by atoms with Crippen molar-refractivity contribution in [1.29, 1.82) is 0 Å². The molecule has 0 bridgehead atoms. The fourth-order valence-electron chi connectivity index (χ4n) is 4.11. The Bertz CT molecular complexity index is 1440. The van der Waals surface area contributed by atoms with Gasteiger partial charge in [0.25, 0.3) is 5.56 Å². The second-order valence-corrected chi connectivity index (χ2v) is 9.29. The summed E-state index contributed by atoms with van der Waals surface area (Å²) in [6.45, 7) is 0.185. The number of rotatable bonds is 9. The van der Waals surface area contributed by atoms with E-state index >= 15 is 0 Å². The van der Waals surface area contributed by atoms with Gasteiger partial charge in [-0.2, -0.15) is 18.3 Å². The third-order valence-electron chi connectivity index (χ3n) is 6.22. The number of ether oxygens (including phenoxy) is 2. The summed E-state index contributed by atoms with van der Waals surface area (Å²) < 4.78 is 50.8. The van der Waals surface area contributed by atoms with Gasteiger partial charge < -0.3 is 20.1 Å². The number of carbonyl (C=O) groups is 2. The molecular weight excluding hydrogens is 543 g/mol. The largest absolute Gasteiger partial charge is 0.497 e. The van der Waals surface area contributed by atoms with Crippen LogP contribution in [0.4, 0.5) is 24.5 Å². The molecule has 10 nitrogen and oxygen atoms in total. The zero-order valence-electron chi connectivity index (χ0n) is 20.5. The van der Waals surface area contributed by atoms with Crippen molar-refractivity contribution in [3.05, 3.63) is 74.9 Å². The molecule has 206 valence electrons. The van der Waals surface area contributed by atoms with Crippen LogP contribution in [-0.4, -0.2) is 47.2 Å². The Morgan fingerprint density at radius 1 is 1.23 bits per heavy atom. The lowest BCUT2D eigenvalue weighted by Crippen LogP contribution is -2.43. The van der Waals surface area contributed by atoms with Crippen LogP contribution in [0.25, 0.3) is 0 Å². The molecular formula is C25H23ClF3N5O5. The van der Waals surface area contributed by atoms with Crippen LogP contribution in [-0.2, 0) is 22.3 Å². The summed E-state index contributed by atoms with van der Waals surface area (Å²) in [5.74, 6) is -0.840. The van der Waals surface area contributed by atoms with E-state index in [-0.39, 0.29) is 66.0 Å². The number of amides is 1. The molecule has 2 aromatic heterocycles. The maximum Gasteiger partial charge on any atom is 0.418 e. The van der Waals surface area contributed by atoms with Gasteiger partial charge in [0, 0.05) is 24.7 Å². The summed E-state index contributed by atoms with van der Waals surface area (Å²) in [6.07, 6.45) is -2.04. The molecule has 39 heavy (non-hydrogen) atoms.